The Morgan fingerprint density at radius 2 is 1.89 bits per heavy atom. The summed E-state index contributed by atoms with van der Waals surface area (Å²) in [5.74, 6) is 0.882. The molecule has 2 aliphatic heterocycles. The highest BCUT2D eigenvalue weighted by atomic mass is 15.2. The van der Waals surface area contributed by atoms with E-state index in [1.165, 1.54) is 51.1 Å². The topological polar surface area (TPSA) is 27.3 Å². The van der Waals surface area contributed by atoms with Gasteiger partial charge in [0.05, 0.1) is 0 Å². The summed E-state index contributed by atoms with van der Waals surface area (Å²) in [7, 11) is 0. The summed E-state index contributed by atoms with van der Waals surface area (Å²) in [5, 5.41) is 7.22. The molecule has 2 N–H and O–H groups in total. The highest BCUT2D eigenvalue weighted by molar-refractivity contribution is 5.47. The van der Waals surface area contributed by atoms with E-state index < -0.39 is 0 Å². The third-order valence-corrected chi connectivity index (χ3v) is 4.46. The van der Waals surface area contributed by atoms with Crippen LogP contribution in [0.5, 0.6) is 0 Å². The molecule has 0 aliphatic carbocycles. The van der Waals surface area contributed by atoms with Crippen LogP contribution in [0.15, 0.2) is 30.3 Å². The number of hydrogen-bond acceptors (Lipinski definition) is 3. The Labute approximate surface area is 116 Å². The second kappa shape index (κ2) is 6.40. The van der Waals surface area contributed by atoms with E-state index in [9.17, 15) is 0 Å². The molecule has 2 heterocycles. The van der Waals surface area contributed by atoms with Gasteiger partial charge in [-0.2, -0.15) is 0 Å². The van der Waals surface area contributed by atoms with Gasteiger partial charge in [0.1, 0.15) is 0 Å². The molecule has 1 unspecified atom stereocenters. The van der Waals surface area contributed by atoms with Crippen molar-refractivity contribution in [2.45, 2.75) is 25.3 Å². The summed E-state index contributed by atoms with van der Waals surface area (Å²) in [5.41, 5.74) is 1.37. The number of para-hydroxylation sites is 1. The van der Waals surface area contributed by atoms with Crippen molar-refractivity contribution in [1.29, 1.82) is 0 Å². The first-order valence-electron chi connectivity index (χ1n) is 7.66. The first-order valence-corrected chi connectivity index (χ1v) is 7.66. The zero-order valence-corrected chi connectivity index (χ0v) is 11.6. The fraction of sp³-hybridized carbons (Fsp3) is 0.625. The Morgan fingerprint density at radius 1 is 1.11 bits per heavy atom. The average Bonchev–Trinajstić information content (AvgIpc) is 2.96. The summed E-state index contributed by atoms with van der Waals surface area (Å²) in [6, 6.07) is 11.5. The van der Waals surface area contributed by atoms with E-state index in [0.29, 0.717) is 6.04 Å². The maximum Gasteiger partial charge on any atom is 0.0366 e. The standard InChI is InChI=1S/C16H25N3/c1-2-4-16(5-3-1)19-11-8-15(13-19)18-12-14-6-9-17-10-7-14/h1-5,14-15,17-18H,6-13H2. The Bertz CT molecular complexity index is 373. The normalized spacial score (nSPS) is 24.8. The molecule has 0 bridgehead atoms. The molecule has 3 rings (SSSR count). The second-order valence-corrected chi connectivity index (χ2v) is 5.87. The lowest BCUT2D eigenvalue weighted by Crippen LogP contribution is -2.39. The lowest BCUT2D eigenvalue weighted by Gasteiger charge is -2.25. The molecule has 0 aromatic heterocycles. The lowest BCUT2D eigenvalue weighted by atomic mass is 9.98. The van der Waals surface area contributed by atoms with Gasteiger partial charge in [0.25, 0.3) is 0 Å². The molecule has 3 nitrogen and oxygen atoms in total. The van der Waals surface area contributed by atoms with Crippen LogP contribution >= 0.6 is 0 Å². The van der Waals surface area contributed by atoms with Crippen LogP contribution < -0.4 is 15.5 Å². The van der Waals surface area contributed by atoms with Crippen LogP contribution in [0.25, 0.3) is 0 Å². The van der Waals surface area contributed by atoms with Gasteiger partial charge in [0, 0.05) is 24.8 Å². The van der Waals surface area contributed by atoms with Crippen molar-refractivity contribution in [3.05, 3.63) is 30.3 Å². The van der Waals surface area contributed by atoms with E-state index in [4.69, 9.17) is 0 Å². The van der Waals surface area contributed by atoms with Gasteiger partial charge in [0.2, 0.25) is 0 Å². The molecule has 0 radical (unpaired) electrons. The van der Waals surface area contributed by atoms with Crippen LogP contribution in [0.2, 0.25) is 0 Å². The van der Waals surface area contributed by atoms with Gasteiger partial charge in [-0.15, -0.1) is 0 Å². The van der Waals surface area contributed by atoms with Gasteiger partial charge in [0.15, 0.2) is 0 Å². The van der Waals surface area contributed by atoms with Crippen molar-refractivity contribution in [1.82, 2.24) is 10.6 Å². The molecule has 2 saturated heterocycles. The monoisotopic (exact) mass is 259 g/mol. The number of piperidine rings is 1. The molecule has 1 atom stereocenters. The first kappa shape index (κ1) is 12.9. The van der Waals surface area contributed by atoms with Gasteiger partial charge < -0.3 is 15.5 Å². The number of nitrogens with zero attached hydrogens (tertiary/aromatic N) is 1. The van der Waals surface area contributed by atoms with Gasteiger partial charge in [-0.05, 0) is 56.9 Å². The fourth-order valence-electron chi connectivity index (χ4n) is 3.22. The van der Waals surface area contributed by atoms with Crippen LogP contribution in [-0.4, -0.2) is 38.8 Å². The third kappa shape index (κ3) is 3.48. The lowest BCUT2D eigenvalue weighted by molar-refractivity contribution is 0.343. The van der Waals surface area contributed by atoms with Crippen molar-refractivity contribution in [3.8, 4) is 0 Å². The number of benzene rings is 1. The summed E-state index contributed by atoms with van der Waals surface area (Å²) in [4.78, 5) is 2.50. The maximum absolute atomic E-state index is 3.78. The van der Waals surface area contributed by atoms with Gasteiger partial charge >= 0.3 is 0 Å². The zero-order chi connectivity index (χ0) is 12.9. The minimum atomic E-state index is 0.676. The van der Waals surface area contributed by atoms with Crippen molar-refractivity contribution >= 4 is 5.69 Å². The summed E-state index contributed by atoms with van der Waals surface area (Å²) >= 11 is 0. The van der Waals surface area contributed by atoms with Crippen LogP contribution in [-0.2, 0) is 0 Å². The molecule has 2 fully saturated rings. The van der Waals surface area contributed by atoms with Crippen LogP contribution in [0.3, 0.4) is 0 Å². The number of anilines is 1. The Balaban J connectivity index is 1.44. The van der Waals surface area contributed by atoms with Crippen LogP contribution in [0.4, 0.5) is 5.69 Å². The molecular formula is C16H25N3. The zero-order valence-electron chi connectivity index (χ0n) is 11.6. The third-order valence-electron chi connectivity index (χ3n) is 4.46. The average molecular weight is 259 g/mol. The molecule has 3 heteroatoms. The first-order chi connectivity index (χ1) is 9.42. The molecular weight excluding hydrogens is 234 g/mol. The van der Waals surface area contributed by atoms with Gasteiger partial charge in [-0.25, -0.2) is 0 Å². The van der Waals surface area contributed by atoms with Crippen molar-refractivity contribution in [2.24, 2.45) is 5.92 Å². The van der Waals surface area contributed by atoms with E-state index in [-0.39, 0.29) is 0 Å². The van der Waals surface area contributed by atoms with Crippen LogP contribution in [0.1, 0.15) is 19.3 Å². The molecule has 1 aromatic carbocycles. The van der Waals surface area contributed by atoms with Crippen molar-refractivity contribution in [2.75, 3.05) is 37.6 Å². The summed E-state index contributed by atoms with van der Waals surface area (Å²) in [6.07, 6.45) is 3.95. The van der Waals surface area contributed by atoms with Gasteiger partial charge in [-0.1, -0.05) is 18.2 Å². The minimum absolute atomic E-state index is 0.676. The highest BCUT2D eigenvalue weighted by Crippen LogP contribution is 2.20. The highest BCUT2D eigenvalue weighted by Gasteiger charge is 2.23. The van der Waals surface area contributed by atoms with E-state index >= 15 is 0 Å². The van der Waals surface area contributed by atoms with Crippen molar-refractivity contribution in [3.63, 3.8) is 0 Å². The van der Waals surface area contributed by atoms with Crippen molar-refractivity contribution < 1.29 is 0 Å². The largest absolute Gasteiger partial charge is 0.370 e. The molecule has 0 spiro atoms. The van der Waals surface area contributed by atoms with Crippen LogP contribution in [0, 0.1) is 5.92 Å². The second-order valence-electron chi connectivity index (χ2n) is 5.87. The van der Waals surface area contributed by atoms with E-state index in [1.807, 2.05) is 0 Å². The minimum Gasteiger partial charge on any atom is -0.370 e. The fourth-order valence-corrected chi connectivity index (χ4v) is 3.22. The summed E-state index contributed by atoms with van der Waals surface area (Å²) in [6.45, 7) is 5.96. The molecule has 2 aliphatic rings. The van der Waals surface area contributed by atoms with E-state index in [0.717, 1.165) is 12.5 Å². The Hall–Kier alpha value is -1.06. The predicted molar refractivity (Wildman–Crippen MR) is 80.7 cm³/mol. The number of hydrogen-bond donors (Lipinski definition) is 2. The Morgan fingerprint density at radius 3 is 2.68 bits per heavy atom. The molecule has 0 amide bonds. The van der Waals surface area contributed by atoms with E-state index in [2.05, 4.69) is 45.9 Å². The Kier molecular flexibility index (Phi) is 4.36. The molecule has 19 heavy (non-hydrogen) atoms. The quantitative estimate of drug-likeness (QED) is 0.864. The SMILES string of the molecule is c1ccc(N2CCC(NCC3CCNCC3)C2)cc1. The molecule has 104 valence electrons. The molecule has 1 aromatic rings. The summed E-state index contributed by atoms with van der Waals surface area (Å²) < 4.78 is 0. The van der Waals surface area contributed by atoms with E-state index in [1.54, 1.807) is 0 Å². The maximum atomic E-state index is 3.78. The predicted octanol–water partition coefficient (Wildman–Crippen LogP) is 1.85. The van der Waals surface area contributed by atoms with Gasteiger partial charge in [-0.3, -0.25) is 0 Å². The number of rotatable bonds is 4. The number of nitrogens with one attached hydrogen (secondary N) is 2. The molecule has 0 saturated carbocycles. The smallest absolute Gasteiger partial charge is 0.0366 e.